The zero-order chi connectivity index (χ0) is 14.4. The molecule has 0 amide bonds. The van der Waals surface area contributed by atoms with Gasteiger partial charge in [0, 0.05) is 24.8 Å². The van der Waals surface area contributed by atoms with Crippen molar-refractivity contribution >= 4 is 5.69 Å². The third-order valence-electron chi connectivity index (χ3n) is 3.96. The highest BCUT2D eigenvalue weighted by molar-refractivity contribution is 5.43. The summed E-state index contributed by atoms with van der Waals surface area (Å²) < 4.78 is 5.58. The SMILES string of the molecule is CCN(CC(O)COc1cccc(N)c1)CC1CCC1. The molecular weight excluding hydrogens is 252 g/mol. The van der Waals surface area contributed by atoms with Crippen LogP contribution in [0.2, 0.25) is 0 Å². The maximum absolute atomic E-state index is 10.1. The van der Waals surface area contributed by atoms with Crippen LogP contribution in [0.1, 0.15) is 26.2 Å². The second kappa shape index (κ2) is 7.50. The number of hydrogen-bond donors (Lipinski definition) is 2. The Balaban J connectivity index is 1.71. The third kappa shape index (κ3) is 4.69. The molecule has 0 radical (unpaired) electrons. The maximum Gasteiger partial charge on any atom is 0.121 e. The highest BCUT2D eigenvalue weighted by Gasteiger charge is 2.21. The topological polar surface area (TPSA) is 58.7 Å². The van der Waals surface area contributed by atoms with Crippen molar-refractivity contribution < 1.29 is 9.84 Å². The van der Waals surface area contributed by atoms with E-state index in [9.17, 15) is 5.11 Å². The standard InChI is InChI=1S/C16H26N2O2/c1-2-18(10-13-5-3-6-13)11-15(19)12-20-16-8-4-7-14(17)9-16/h4,7-9,13,15,19H,2-3,5-6,10-12,17H2,1H3. The van der Waals surface area contributed by atoms with Crippen LogP contribution < -0.4 is 10.5 Å². The highest BCUT2D eigenvalue weighted by atomic mass is 16.5. The normalized spacial score (nSPS) is 16.9. The van der Waals surface area contributed by atoms with E-state index in [1.807, 2.05) is 18.2 Å². The number of nitrogen functional groups attached to an aromatic ring is 1. The zero-order valence-corrected chi connectivity index (χ0v) is 12.3. The van der Waals surface area contributed by atoms with E-state index < -0.39 is 6.10 Å². The maximum atomic E-state index is 10.1. The number of benzene rings is 1. The highest BCUT2D eigenvalue weighted by Crippen LogP contribution is 2.27. The summed E-state index contributed by atoms with van der Waals surface area (Å²) in [6.07, 6.45) is 3.58. The van der Waals surface area contributed by atoms with Gasteiger partial charge in [-0.25, -0.2) is 0 Å². The van der Waals surface area contributed by atoms with Crippen LogP contribution in [0.25, 0.3) is 0 Å². The average molecular weight is 278 g/mol. The van der Waals surface area contributed by atoms with Gasteiger partial charge in [-0.3, -0.25) is 0 Å². The van der Waals surface area contributed by atoms with E-state index in [0.717, 1.165) is 19.0 Å². The van der Waals surface area contributed by atoms with Crippen molar-refractivity contribution in [3.63, 3.8) is 0 Å². The first kappa shape index (κ1) is 15.1. The van der Waals surface area contributed by atoms with E-state index in [1.165, 1.54) is 19.3 Å². The molecule has 1 atom stereocenters. The second-order valence-electron chi connectivity index (χ2n) is 5.69. The van der Waals surface area contributed by atoms with Crippen LogP contribution in [0.5, 0.6) is 5.75 Å². The molecule has 0 aromatic heterocycles. The second-order valence-corrected chi connectivity index (χ2v) is 5.69. The minimum Gasteiger partial charge on any atom is -0.491 e. The summed E-state index contributed by atoms with van der Waals surface area (Å²) in [5.74, 6) is 1.54. The molecule has 0 aliphatic heterocycles. The number of rotatable bonds is 8. The van der Waals surface area contributed by atoms with Crippen LogP contribution in [0, 0.1) is 5.92 Å². The lowest BCUT2D eigenvalue weighted by molar-refractivity contribution is 0.0585. The summed E-state index contributed by atoms with van der Waals surface area (Å²) in [6.45, 7) is 5.21. The Hall–Kier alpha value is -1.26. The lowest BCUT2D eigenvalue weighted by atomic mass is 9.85. The quantitative estimate of drug-likeness (QED) is 0.715. The van der Waals surface area contributed by atoms with Gasteiger partial charge in [-0.05, 0) is 37.4 Å². The molecule has 2 rings (SSSR count). The van der Waals surface area contributed by atoms with Crippen LogP contribution in [-0.4, -0.2) is 42.4 Å². The largest absolute Gasteiger partial charge is 0.491 e. The van der Waals surface area contributed by atoms with E-state index in [4.69, 9.17) is 10.5 Å². The van der Waals surface area contributed by atoms with E-state index in [2.05, 4.69) is 11.8 Å². The summed E-state index contributed by atoms with van der Waals surface area (Å²) in [5, 5.41) is 10.1. The van der Waals surface area contributed by atoms with Gasteiger partial charge in [-0.2, -0.15) is 0 Å². The molecule has 3 N–H and O–H groups in total. The minimum absolute atomic E-state index is 0.310. The number of aliphatic hydroxyl groups excluding tert-OH is 1. The van der Waals surface area contributed by atoms with Crippen molar-refractivity contribution in [2.75, 3.05) is 32.0 Å². The predicted octanol–water partition coefficient (Wildman–Crippen LogP) is 2.13. The average Bonchev–Trinajstić information content (AvgIpc) is 2.39. The molecule has 1 aromatic carbocycles. The number of likely N-dealkylation sites (N-methyl/N-ethyl adjacent to an activating group) is 1. The Kier molecular flexibility index (Phi) is 5.68. The van der Waals surface area contributed by atoms with Gasteiger partial charge >= 0.3 is 0 Å². The molecule has 4 heteroatoms. The predicted molar refractivity (Wildman–Crippen MR) is 81.8 cm³/mol. The summed E-state index contributed by atoms with van der Waals surface area (Å²) in [7, 11) is 0. The van der Waals surface area contributed by atoms with Crippen molar-refractivity contribution in [1.29, 1.82) is 0 Å². The molecule has 0 bridgehead atoms. The van der Waals surface area contributed by atoms with Crippen molar-refractivity contribution in [1.82, 2.24) is 4.90 Å². The van der Waals surface area contributed by atoms with Crippen LogP contribution in [0.4, 0.5) is 5.69 Å². The van der Waals surface area contributed by atoms with Gasteiger partial charge < -0.3 is 20.5 Å². The van der Waals surface area contributed by atoms with E-state index in [0.29, 0.717) is 24.6 Å². The Bertz CT molecular complexity index is 407. The van der Waals surface area contributed by atoms with Gasteiger partial charge in [0.2, 0.25) is 0 Å². The summed E-state index contributed by atoms with van der Waals surface area (Å²) in [5.41, 5.74) is 6.37. The first-order valence-corrected chi connectivity index (χ1v) is 7.56. The van der Waals surface area contributed by atoms with Gasteiger partial charge in [-0.1, -0.05) is 19.4 Å². The van der Waals surface area contributed by atoms with Crippen LogP contribution in [-0.2, 0) is 0 Å². The van der Waals surface area contributed by atoms with E-state index >= 15 is 0 Å². The number of nitrogens with two attached hydrogens (primary N) is 1. The lowest BCUT2D eigenvalue weighted by Gasteiger charge is -2.32. The fourth-order valence-corrected chi connectivity index (χ4v) is 2.52. The molecule has 0 saturated heterocycles. The smallest absolute Gasteiger partial charge is 0.121 e. The van der Waals surface area contributed by atoms with E-state index in [1.54, 1.807) is 6.07 Å². The molecule has 1 saturated carbocycles. The molecule has 20 heavy (non-hydrogen) atoms. The molecule has 0 spiro atoms. The van der Waals surface area contributed by atoms with Crippen molar-refractivity contribution in [3.8, 4) is 5.75 Å². The van der Waals surface area contributed by atoms with Crippen molar-refractivity contribution in [3.05, 3.63) is 24.3 Å². The molecule has 0 heterocycles. The van der Waals surface area contributed by atoms with Gasteiger partial charge in [0.15, 0.2) is 0 Å². The first-order valence-electron chi connectivity index (χ1n) is 7.56. The van der Waals surface area contributed by atoms with Crippen LogP contribution in [0.15, 0.2) is 24.3 Å². The Morgan fingerprint density at radius 1 is 1.45 bits per heavy atom. The molecule has 1 aromatic rings. The molecule has 1 aliphatic carbocycles. The Morgan fingerprint density at radius 2 is 2.25 bits per heavy atom. The summed E-state index contributed by atoms with van der Waals surface area (Å²) in [6, 6.07) is 7.31. The third-order valence-corrected chi connectivity index (χ3v) is 3.96. The van der Waals surface area contributed by atoms with Gasteiger partial charge in [-0.15, -0.1) is 0 Å². The number of ether oxygens (including phenoxy) is 1. The lowest BCUT2D eigenvalue weighted by Crippen LogP contribution is -2.39. The van der Waals surface area contributed by atoms with Gasteiger partial charge in [0.05, 0.1) is 0 Å². The molecule has 1 aliphatic rings. The Labute approximate surface area is 121 Å². The summed E-state index contributed by atoms with van der Waals surface area (Å²) in [4.78, 5) is 2.32. The first-order chi connectivity index (χ1) is 9.67. The Morgan fingerprint density at radius 3 is 2.85 bits per heavy atom. The molecule has 112 valence electrons. The van der Waals surface area contributed by atoms with Crippen molar-refractivity contribution in [2.45, 2.75) is 32.3 Å². The van der Waals surface area contributed by atoms with E-state index in [-0.39, 0.29) is 0 Å². The molecule has 1 fully saturated rings. The van der Waals surface area contributed by atoms with Crippen LogP contribution >= 0.6 is 0 Å². The number of anilines is 1. The molecule has 4 nitrogen and oxygen atoms in total. The van der Waals surface area contributed by atoms with Crippen molar-refractivity contribution in [2.24, 2.45) is 5.92 Å². The fraction of sp³-hybridized carbons (Fsp3) is 0.625. The van der Waals surface area contributed by atoms with Gasteiger partial charge in [0.25, 0.3) is 0 Å². The number of aliphatic hydroxyl groups is 1. The minimum atomic E-state index is -0.462. The molecule has 1 unspecified atom stereocenters. The zero-order valence-electron chi connectivity index (χ0n) is 12.3. The summed E-state index contributed by atoms with van der Waals surface area (Å²) >= 11 is 0. The fourth-order valence-electron chi connectivity index (χ4n) is 2.52. The molecular formula is C16H26N2O2. The van der Waals surface area contributed by atoms with Gasteiger partial charge in [0.1, 0.15) is 18.5 Å². The van der Waals surface area contributed by atoms with Crippen LogP contribution in [0.3, 0.4) is 0 Å². The number of hydrogen-bond acceptors (Lipinski definition) is 4. The number of nitrogens with zero attached hydrogens (tertiary/aromatic N) is 1. The monoisotopic (exact) mass is 278 g/mol.